The molecule has 104 valence electrons. The summed E-state index contributed by atoms with van der Waals surface area (Å²) in [6.45, 7) is 5.22. The number of carbonyl (C=O) groups is 1. The molecule has 1 saturated heterocycles. The molecule has 5 heteroatoms. The normalized spacial score (nSPS) is 19.3. The Labute approximate surface area is 114 Å². The van der Waals surface area contributed by atoms with Gasteiger partial charge in [0.25, 0.3) is 0 Å². The lowest BCUT2D eigenvalue weighted by Crippen LogP contribution is -2.42. The van der Waals surface area contributed by atoms with Gasteiger partial charge >= 0.3 is 0 Å². The van der Waals surface area contributed by atoms with E-state index in [4.69, 9.17) is 0 Å². The third-order valence-electron chi connectivity index (χ3n) is 3.63. The highest BCUT2D eigenvalue weighted by molar-refractivity contribution is 7.91. The number of sulfone groups is 1. The fourth-order valence-corrected chi connectivity index (χ4v) is 3.39. The van der Waals surface area contributed by atoms with Gasteiger partial charge in [-0.3, -0.25) is 9.69 Å². The first-order chi connectivity index (χ1) is 8.87. The number of nitrogens with zero attached hydrogens (tertiary/aromatic N) is 1. The second-order valence-corrected chi connectivity index (χ2v) is 7.45. The van der Waals surface area contributed by atoms with E-state index in [-0.39, 0.29) is 17.3 Å². The molecule has 0 aliphatic carbocycles. The highest BCUT2D eigenvalue weighted by atomic mass is 32.2. The van der Waals surface area contributed by atoms with E-state index in [0.29, 0.717) is 25.2 Å². The number of carbonyl (C=O) groups excluding carboxylic acids is 1. The minimum absolute atomic E-state index is 0.0578. The van der Waals surface area contributed by atoms with E-state index in [0.717, 1.165) is 5.56 Å². The molecule has 0 aromatic heterocycles. The summed E-state index contributed by atoms with van der Waals surface area (Å²) in [7, 11) is -2.88. The predicted octanol–water partition coefficient (Wildman–Crippen LogP) is 1.22. The summed E-state index contributed by atoms with van der Waals surface area (Å²) in [4.78, 5) is 14.1. The predicted molar refractivity (Wildman–Crippen MR) is 75.3 cm³/mol. The molecule has 1 heterocycles. The highest BCUT2D eigenvalue weighted by Crippen LogP contribution is 2.12. The number of rotatable bonds is 3. The number of ketones is 1. The molecule has 0 amide bonds. The molecule has 0 N–H and O–H groups in total. The van der Waals surface area contributed by atoms with Gasteiger partial charge < -0.3 is 0 Å². The summed E-state index contributed by atoms with van der Waals surface area (Å²) in [5, 5.41) is 0. The van der Waals surface area contributed by atoms with Gasteiger partial charge in [-0.15, -0.1) is 0 Å². The number of Topliss-reactive ketones (excluding diaryl/α,β-unsaturated/α-hetero) is 1. The quantitative estimate of drug-likeness (QED) is 0.782. The molecular weight excluding hydrogens is 262 g/mol. The topological polar surface area (TPSA) is 54.5 Å². The molecule has 1 aromatic carbocycles. The number of benzene rings is 1. The molecule has 0 saturated carbocycles. The highest BCUT2D eigenvalue weighted by Gasteiger charge is 2.23. The zero-order valence-electron chi connectivity index (χ0n) is 11.3. The van der Waals surface area contributed by atoms with E-state index < -0.39 is 9.84 Å². The van der Waals surface area contributed by atoms with Crippen LogP contribution in [-0.4, -0.2) is 50.2 Å². The molecule has 19 heavy (non-hydrogen) atoms. The lowest BCUT2D eigenvalue weighted by Gasteiger charge is -2.25. The summed E-state index contributed by atoms with van der Waals surface area (Å²) in [5.74, 6) is 0.378. The van der Waals surface area contributed by atoms with Crippen molar-refractivity contribution in [1.29, 1.82) is 0 Å². The van der Waals surface area contributed by atoms with Crippen molar-refractivity contribution >= 4 is 15.6 Å². The van der Waals surface area contributed by atoms with Crippen molar-refractivity contribution in [2.24, 2.45) is 0 Å². The van der Waals surface area contributed by atoms with Gasteiger partial charge in [0.15, 0.2) is 15.6 Å². The van der Waals surface area contributed by atoms with Gasteiger partial charge in [-0.25, -0.2) is 8.42 Å². The first-order valence-corrected chi connectivity index (χ1v) is 8.23. The molecule has 1 aliphatic heterocycles. The Hall–Kier alpha value is -1.20. The van der Waals surface area contributed by atoms with Crippen LogP contribution in [0.25, 0.3) is 0 Å². The van der Waals surface area contributed by atoms with E-state index in [1.807, 2.05) is 36.9 Å². The molecule has 0 atom stereocenters. The smallest absolute Gasteiger partial charge is 0.176 e. The van der Waals surface area contributed by atoms with Gasteiger partial charge in [0.1, 0.15) is 0 Å². The van der Waals surface area contributed by atoms with Gasteiger partial charge in [-0.1, -0.05) is 12.1 Å². The van der Waals surface area contributed by atoms with Gasteiger partial charge in [0.2, 0.25) is 0 Å². The SMILES string of the molecule is Cc1ccc(C(=O)CN2CCS(=O)(=O)CC2)cc1C. The molecule has 0 radical (unpaired) electrons. The Morgan fingerprint density at radius 2 is 1.79 bits per heavy atom. The average Bonchev–Trinajstić information content (AvgIpc) is 2.35. The Morgan fingerprint density at radius 3 is 2.37 bits per heavy atom. The summed E-state index contributed by atoms with van der Waals surface area (Å²) >= 11 is 0. The molecule has 0 spiro atoms. The molecule has 1 fully saturated rings. The second-order valence-electron chi connectivity index (χ2n) is 5.15. The standard InChI is InChI=1S/C14H19NO3S/c1-11-3-4-13(9-12(11)2)14(16)10-15-5-7-19(17,18)8-6-15/h3-4,9H,5-8,10H2,1-2H3. The van der Waals surface area contributed by atoms with Crippen molar-refractivity contribution in [1.82, 2.24) is 4.90 Å². The zero-order valence-corrected chi connectivity index (χ0v) is 12.2. The Bertz CT molecular complexity index is 579. The third kappa shape index (κ3) is 3.64. The molecule has 0 unspecified atom stereocenters. The van der Waals surface area contributed by atoms with E-state index in [9.17, 15) is 13.2 Å². The fourth-order valence-electron chi connectivity index (χ4n) is 2.12. The van der Waals surface area contributed by atoms with Crippen LogP contribution in [0.5, 0.6) is 0 Å². The lowest BCUT2D eigenvalue weighted by molar-refractivity contribution is 0.0936. The number of aryl methyl sites for hydroxylation is 2. The van der Waals surface area contributed by atoms with Gasteiger partial charge in [0.05, 0.1) is 18.1 Å². The Morgan fingerprint density at radius 1 is 1.16 bits per heavy atom. The molecule has 4 nitrogen and oxygen atoms in total. The molecule has 0 bridgehead atoms. The Balaban J connectivity index is 2.00. The van der Waals surface area contributed by atoms with Crippen molar-refractivity contribution in [2.45, 2.75) is 13.8 Å². The van der Waals surface area contributed by atoms with E-state index >= 15 is 0 Å². The van der Waals surface area contributed by atoms with Crippen LogP contribution in [0.2, 0.25) is 0 Å². The average molecular weight is 281 g/mol. The van der Waals surface area contributed by atoms with Crippen LogP contribution in [0.3, 0.4) is 0 Å². The van der Waals surface area contributed by atoms with Crippen molar-refractivity contribution in [3.63, 3.8) is 0 Å². The van der Waals surface area contributed by atoms with Crippen LogP contribution in [0, 0.1) is 13.8 Å². The minimum Gasteiger partial charge on any atom is -0.294 e. The van der Waals surface area contributed by atoms with Crippen LogP contribution >= 0.6 is 0 Å². The largest absolute Gasteiger partial charge is 0.294 e. The van der Waals surface area contributed by atoms with Crippen molar-refractivity contribution in [3.8, 4) is 0 Å². The first-order valence-electron chi connectivity index (χ1n) is 6.41. The third-order valence-corrected chi connectivity index (χ3v) is 5.24. The van der Waals surface area contributed by atoms with Gasteiger partial charge in [-0.05, 0) is 31.0 Å². The van der Waals surface area contributed by atoms with Crippen LogP contribution in [0.1, 0.15) is 21.5 Å². The number of hydrogen-bond donors (Lipinski definition) is 0. The summed E-state index contributed by atoms with van der Waals surface area (Å²) in [5.41, 5.74) is 2.98. The fraction of sp³-hybridized carbons (Fsp3) is 0.500. The van der Waals surface area contributed by atoms with E-state index in [2.05, 4.69) is 0 Å². The zero-order chi connectivity index (χ0) is 14.0. The van der Waals surface area contributed by atoms with Crippen LogP contribution in [0.4, 0.5) is 0 Å². The van der Waals surface area contributed by atoms with Gasteiger partial charge in [-0.2, -0.15) is 0 Å². The molecule has 2 rings (SSSR count). The maximum Gasteiger partial charge on any atom is 0.176 e. The minimum atomic E-state index is -2.88. The summed E-state index contributed by atoms with van der Waals surface area (Å²) in [6, 6.07) is 5.69. The maximum atomic E-state index is 12.1. The Kier molecular flexibility index (Phi) is 4.06. The summed E-state index contributed by atoms with van der Waals surface area (Å²) in [6.07, 6.45) is 0. The molecular formula is C14H19NO3S. The monoisotopic (exact) mass is 281 g/mol. The van der Waals surface area contributed by atoms with Crippen LogP contribution in [-0.2, 0) is 9.84 Å². The maximum absolute atomic E-state index is 12.1. The summed E-state index contributed by atoms with van der Waals surface area (Å²) < 4.78 is 22.6. The lowest BCUT2D eigenvalue weighted by atomic mass is 10.0. The first kappa shape index (κ1) is 14.2. The van der Waals surface area contributed by atoms with Crippen molar-refractivity contribution in [3.05, 3.63) is 34.9 Å². The van der Waals surface area contributed by atoms with Gasteiger partial charge in [0, 0.05) is 18.7 Å². The van der Waals surface area contributed by atoms with E-state index in [1.165, 1.54) is 5.56 Å². The molecule has 1 aromatic rings. The van der Waals surface area contributed by atoms with Crippen molar-refractivity contribution in [2.75, 3.05) is 31.1 Å². The van der Waals surface area contributed by atoms with Crippen LogP contribution < -0.4 is 0 Å². The number of hydrogen-bond acceptors (Lipinski definition) is 4. The second kappa shape index (κ2) is 5.43. The van der Waals surface area contributed by atoms with Crippen molar-refractivity contribution < 1.29 is 13.2 Å². The van der Waals surface area contributed by atoms with E-state index in [1.54, 1.807) is 0 Å². The molecule has 1 aliphatic rings. The van der Waals surface area contributed by atoms with Crippen LogP contribution in [0.15, 0.2) is 18.2 Å².